The van der Waals surface area contributed by atoms with Gasteiger partial charge >= 0.3 is 0 Å². The summed E-state index contributed by atoms with van der Waals surface area (Å²) in [6, 6.07) is 6.44. The average Bonchev–Trinajstić information content (AvgIpc) is 2.83. The molecule has 0 aliphatic rings. The minimum atomic E-state index is -3.72. The Hall–Kier alpha value is -1.50. The van der Waals surface area contributed by atoms with Crippen molar-refractivity contribution in [1.29, 1.82) is 0 Å². The molecular formula is C12H13ClN2O3S. The highest BCUT2D eigenvalue weighted by Crippen LogP contribution is 2.25. The van der Waals surface area contributed by atoms with E-state index in [-0.39, 0.29) is 11.5 Å². The molecule has 3 N–H and O–H groups in total. The van der Waals surface area contributed by atoms with Crippen molar-refractivity contribution in [2.24, 2.45) is 0 Å². The van der Waals surface area contributed by atoms with E-state index in [4.69, 9.17) is 16.7 Å². The molecule has 2 rings (SSSR count). The molecular weight excluding hydrogens is 288 g/mol. The van der Waals surface area contributed by atoms with Gasteiger partial charge in [0.05, 0.1) is 17.3 Å². The van der Waals surface area contributed by atoms with Gasteiger partial charge in [0.25, 0.3) is 10.0 Å². The van der Waals surface area contributed by atoms with E-state index in [1.807, 2.05) is 6.92 Å². The predicted octanol–water partition coefficient (Wildman–Crippen LogP) is 2.27. The lowest BCUT2D eigenvalue weighted by atomic mass is 10.2. The first-order valence-electron chi connectivity index (χ1n) is 5.49. The van der Waals surface area contributed by atoms with Gasteiger partial charge in [0.1, 0.15) is 4.90 Å². The third-order valence-electron chi connectivity index (χ3n) is 2.56. The number of sulfonamides is 1. The third kappa shape index (κ3) is 3.09. The van der Waals surface area contributed by atoms with Crippen LogP contribution in [0.5, 0.6) is 0 Å². The Balaban J connectivity index is 2.33. The summed E-state index contributed by atoms with van der Waals surface area (Å²) in [6.45, 7) is 1.59. The zero-order valence-electron chi connectivity index (χ0n) is 10.1. The summed E-state index contributed by atoms with van der Waals surface area (Å²) in [4.78, 5) is 2.72. The van der Waals surface area contributed by atoms with Gasteiger partial charge in [-0.15, -0.1) is 0 Å². The molecule has 0 radical (unpaired) electrons. The van der Waals surface area contributed by atoms with E-state index in [0.717, 1.165) is 5.56 Å². The standard InChI is InChI=1S/C12H13ClN2O3S/c1-8-2-3-11(13)12(4-8)15-19(17,18)10-5-9(7-16)14-6-10/h2-6,14-16H,7H2,1H3. The summed E-state index contributed by atoms with van der Waals surface area (Å²) in [6.07, 6.45) is 1.32. The van der Waals surface area contributed by atoms with Crippen molar-refractivity contribution >= 4 is 27.3 Å². The zero-order chi connectivity index (χ0) is 14.0. The van der Waals surface area contributed by atoms with Crippen LogP contribution in [0.15, 0.2) is 35.4 Å². The first-order chi connectivity index (χ1) is 8.92. The van der Waals surface area contributed by atoms with Gasteiger partial charge < -0.3 is 10.1 Å². The van der Waals surface area contributed by atoms with Gasteiger partial charge in [0, 0.05) is 11.9 Å². The van der Waals surface area contributed by atoms with Gasteiger partial charge in [-0.25, -0.2) is 8.42 Å². The number of nitrogens with one attached hydrogen (secondary N) is 2. The Morgan fingerprint density at radius 1 is 1.37 bits per heavy atom. The van der Waals surface area contributed by atoms with Crippen molar-refractivity contribution < 1.29 is 13.5 Å². The normalized spacial score (nSPS) is 11.5. The Labute approximate surface area is 116 Å². The average molecular weight is 301 g/mol. The van der Waals surface area contributed by atoms with Crippen molar-refractivity contribution in [3.63, 3.8) is 0 Å². The van der Waals surface area contributed by atoms with Crippen LogP contribution in [0.2, 0.25) is 5.02 Å². The lowest BCUT2D eigenvalue weighted by Crippen LogP contribution is -2.12. The fourth-order valence-electron chi connectivity index (χ4n) is 1.59. The second-order valence-electron chi connectivity index (χ2n) is 4.11. The molecule has 19 heavy (non-hydrogen) atoms. The molecule has 0 aliphatic heterocycles. The maximum absolute atomic E-state index is 12.1. The van der Waals surface area contributed by atoms with Crippen LogP contribution in [0.4, 0.5) is 5.69 Å². The van der Waals surface area contributed by atoms with Crippen LogP contribution in [0.3, 0.4) is 0 Å². The zero-order valence-corrected chi connectivity index (χ0v) is 11.7. The van der Waals surface area contributed by atoms with Crippen LogP contribution >= 0.6 is 11.6 Å². The van der Waals surface area contributed by atoms with Crippen molar-refractivity contribution in [2.75, 3.05) is 4.72 Å². The van der Waals surface area contributed by atoms with Crippen LogP contribution in [0.25, 0.3) is 0 Å². The highest BCUT2D eigenvalue weighted by Gasteiger charge is 2.17. The molecule has 0 unspecified atom stereocenters. The fourth-order valence-corrected chi connectivity index (χ4v) is 2.89. The minimum Gasteiger partial charge on any atom is -0.390 e. The SMILES string of the molecule is Cc1ccc(Cl)c(NS(=O)(=O)c2c[nH]c(CO)c2)c1. The molecule has 1 heterocycles. The summed E-state index contributed by atoms with van der Waals surface area (Å²) < 4.78 is 26.7. The first-order valence-corrected chi connectivity index (χ1v) is 7.35. The summed E-state index contributed by atoms with van der Waals surface area (Å²) in [5.41, 5.74) is 1.65. The molecule has 7 heteroatoms. The van der Waals surface area contributed by atoms with Crippen LogP contribution < -0.4 is 4.72 Å². The number of anilines is 1. The van der Waals surface area contributed by atoms with Gasteiger partial charge in [0.15, 0.2) is 0 Å². The molecule has 0 amide bonds. The van der Waals surface area contributed by atoms with E-state index in [1.165, 1.54) is 12.3 Å². The summed E-state index contributed by atoms with van der Waals surface area (Å²) in [7, 11) is -3.72. The number of aromatic nitrogens is 1. The summed E-state index contributed by atoms with van der Waals surface area (Å²) in [5, 5.41) is 9.25. The van der Waals surface area contributed by atoms with E-state index in [1.54, 1.807) is 18.2 Å². The lowest BCUT2D eigenvalue weighted by molar-refractivity contribution is 0.277. The van der Waals surface area contributed by atoms with Crippen molar-refractivity contribution in [2.45, 2.75) is 18.4 Å². The second-order valence-corrected chi connectivity index (χ2v) is 6.20. The largest absolute Gasteiger partial charge is 0.390 e. The number of rotatable bonds is 4. The minimum absolute atomic E-state index is 0.0501. The molecule has 0 fully saturated rings. The number of benzene rings is 1. The molecule has 102 valence electrons. The van der Waals surface area contributed by atoms with Crippen LogP contribution in [0.1, 0.15) is 11.3 Å². The van der Waals surface area contributed by atoms with Crippen LogP contribution in [0, 0.1) is 6.92 Å². The number of halogens is 1. The quantitative estimate of drug-likeness (QED) is 0.810. The number of H-pyrrole nitrogens is 1. The Kier molecular flexibility index (Phi) is 3.84. The lowest BCUT2D eigenvalue weighted by Gasteiger charge is -2.09. The van der Waals surface area contributed by atoms with Gasteiger partial charge in [-0.3, -0.25) is 4.72 Å². The fraction of sp³-hybridized carbons (Fsp3) is 0.167. The van der Waals surface area contributed by atoms with E-state index in [9.17, 15) is 8.42 Å². The number of aliphatic hydroxyl groups excluding tert-OH is 1. The van der Waals surface area contributed by atoms with E-state index in [2.05, 4.69) is 9.71 Å². The van der Waals surface area contributed by atoms with Gasteiger partial charge in [-0.1, -0.05) is 17.7 Å². The highest BCUT2D eigenvalue weighted by molar-refractivity contribution is 7.92. The van der Waals surface area contributed by atoms with Crippen LogP contribution in [-0.4, -0.2) is 18.5 Å². The summed E-state index contributed by atoms with van der Waals surface area (Å²) >= 11 is 5.95. The maximum Gasteiger partial charge on any atom is 0.263 e. The topological polar surface area (TPSA) is 82.2 Å². The maximum atomic E-state index is 12.1. The Morgan fingerprint density at radius 2 is 2.11 bits per heavy atom. The van der Waals surface area contributed by atoms with Gasteiger partial charge in [0.2, 0.25) is 0 Å². The Morgan fingerprint density at radius 3 is 2.74 bits per heavy atom. The van der Waals surface area contributed by atoms with E-state index in [0.29, 0.717) is 16.4 Å². The predicted molar refractivity (Wildman–Crippen MR) is 73.7 cm³/mol. The second kappa shape index (κ2) is 5.24. The van der Waals surface area contributed by atoms with E-state index < -0.39 is 10.0 Å². The third-order valence-corrected chi connectivity index (χ3v) is 4.24. The molecule has 1 aromatic carbocycles. The van der Waals surface area contributed by atoms with E-state index >= 15 is 0 Å². The molecule has 2 aromatic rings. The number of hydrogen-bond acceptors (Lipinski definition) is 3. The molecule has 0 saturated carbocycles. The number of hydrogen-bond donors (Lipinski definition) is 3. The Bertz CT molecular complexity index is 695. The number of aryl methyl sites for hydroxylation is 1. The molecule has 0 atom stereocenters. The van der Waals surface area contributed by atoms with Crippen molar-refractivity contribution in [1.82, 2.24) is 4.98 Å². The monoisotopic (exact) mass is 300 g/mol. The number of aliphatic hydroxyl groups is 1. The smallest absolute Gasteiger partial charge is 0.263 e. The molecule has 0 saturated heterocycles. The first kappa shape index (κ1) is 13.9. The summed E-state index contributed by atoms with van der Waals surface area (Å²) in [5.74, 6) is 0. The highest BCUT2D eigenvalue weighted by atomic mass is 35.5. The number of aromatic amines is 1. The molecule has 5 nitrogen and oxygen atoms in total. The van der Waals surface area contributed by atoms with Crippen molar-refractivity contribution in [3.8, 4) is 0 Å². The molecule has 0 spiro atoms. The molecule has 1 aromatic heterocycles. The van der Waals surface area contributed by atoms with Gasteiger partial charge in [-0.2, -0.15) is 0 Å². The van der Waals surface area contributed by atoms with Crippen LogP contribution in [-0.2, 0) is 16.6 Å². The van der Waals surface area contributed by atoms with Crippen molar-refractivity contribution in [3.05, 3.63) is 46.7 Å². The van der Waals surface area contributed by atoms with Gasteiger partial charge in [-0.05, 0) is 30.7 Å². The molecule has 0 bridgehead atoms. The molecule has 0 aliphatic carbocycles.